The second kappa shape index (κ2) is 7.90. The van der Waals surface area contributed by atoms with Crippen molar-refractivity contribution in [1.29, 1.82) is 0 Å². The second-order valence-electron chi connectivity index (χ2n) is 6.86. The summed E-state index contributed by atoms with van der Waals surface area (Å²) in [5.41, 5.74) is 10.7. The van der Waals surface area contributed by atoms with Gasteiger partial charge in [-0.1, -0.05) is 53.7 Å². The summed E-state index contributed by atoms with van der Waals surface area (Å²) in [6.07, 6.45) is -0.239. The number of nitrogens with two attached hydrogens (primary N) is 1. The predicted molar refractivity (Wildman–Crippen MR) is 103 cm³/mol. The summed E-state index contributed by atoms with van der Waals surface area (Å²) in [6, 6.07) is 16.7. The standard InChI is InChI=1S/C21H23N3O3/c22-21(25)20-13-19(23-27-20)16-7-5-15(6-8-16)18-4-2-1-3-17(18)14-24-9-11-26-12-10-24/h1-8,20H,9-14H2,(H2,22,25). The van der Waals surface area contributed by atoms with Crippen LogP contribution in [0.5, 0.6) is 0 Å². The maximum Gasteiger partial charge on any atom is 0.261 e. The molecule has 27 heavy (non-hydrogen) atoms. The largest absolute Gasteiger partial charge is 0.382 e. The van der Waals surface area contributed by atoms with Crippen LogP contribution in [0.25, 0.3) is 11.1 Å². The lowest BCUT2D eigenvalue weighted by Gasteiger charge is -2.27. The van der Waals surface area contributed by atoms with E-state index in [0.717, 1.165) is 49.7 Å². The van der Waals surface area contributed by atoms with Crippen LogP contribution in [-0.2, 0) is 20.9 Å². The van der Waals surface area contributed by atoms with Gasteiger partial charge in [0.05, 0.1) is 18.9 Å². The zero-order valence-corrected chi connectivity index (χ0v) is 15.1. The fourth-order valence-corrected chi connectivity index (χ4v) is 3.48. The van der Waals surface area contributed by atoms with E-state index in [1.165, 1.54) is 11.1 Å². The Hall–Kier alpha value is -2.70. The third-order valence-corrected chi connectivity index (χ3v) is 5.03. The van der Waals surface area contributed by atoms with Gasteiger partial charge in [0.25, 0.3) is 5.91 Å². The summed E-state index contributed by atoms with van der Waals surface area (Å²) < 4.78 is 5.44. The highest BCUT2D eigenvalue weighted by Crippen LogP contribution is 2.26. The number of rotatable bonds is 5. The van der Waals surface area contributed by atoms with Crippen molar-refractivity contribution in [1.82, 2.24) is 4.90 Å². The zero-order chi connectivity index (χ0) is 18.6. The van der Waals surface area contributed by atoms with Crippen molar-refractivity contribution in [2.75, 3.05) is 26.3 Å². The molecule has 0 radical (unpaired) electrons. The minimum atomic E-state index is -0.658. The SMILES string of the molecule is NC(=O)C1CC(c2ccc(-c3ccccc3CN3CCOCC3)cc2)=NO1. The van der Waals surface area contributed by atoms with Gasteiger partial charge < -0.3 is 15.3 Å². The lowest BCUT2D eigenvalue weighted by molar-refractivity contribution is -0.127. The highest BCUT2D eigenvalue weighted by Gasteiger charge is 2.26. The van der Waals surface area contributed by atoms with Crippen molar-refractivity contribution in [2.24, 2.45) is 10.9 Å². The fraction of sp³-hybridized carbons (Fsp3) is 0.333. The molecule has 2 aliphatic rings. The molecule has 1 atom stereocenters. The van der Waals surface area contributed by atoms with Gasteiger partial charge in [-0.2, -0.15) is 0 Å². The zero-order valence-electron chi connectivity index (χ0n) is 15.1. The number of benzene rings is 2. The highest BCUT2D eigenvalue weighted by atomic mass is 16.6. The average Bonchev–Trinajstić information content (AvgIpc) is 3.20. The monoisotopic (exact) mass is 365 g/mol. The van der Waals surface area contributed by atoms with Crippen LogP contribution in [0.1, 0.15) is 17.5 Å². The molecule has 0 bridgehead atoms. The van der Waals surface area contributed by atoms with Crippen molar-refractivity contribution in [3.63, 3.8) is 0 Å². The number of hydrogen-bond acceptors (Lipinski definition) is 5. The highest BCUT2D eigenvalue weighted by molar-refractivity contribution is 6.04. The Morgan fingerprint density at radius 1 is 1.07 bits per heavy atom. The van der Waals surface area contributed by atoms with Gasteiger partial charge in [0.1, 0.15) is 0 Å². The average molecular weight is 365 g/mol. The molecule has 0 saturated carbocycles. The number of carbonyl (C=O) groups excluding carboxylic acids is 1. The summed E-state index contributed by atoms with van der Waals surface area (Å²) in [5, 5.41) is 4.00. The molecule has 1 fully saturated rings. The van der Waals surface area contributed by atoms with Crippen molar-refractivity contribution >= 4 is 11.6 Å². The molecule has 0 spiro atoms. The maximum absolute atomic E-state index is 11.2. The van der Waals surface area contributed by atoms with E-state index in [2.05, 4.69) is 46.5 Å². The molecule has 0 aromatic heterocycles. The Kier molecular flexibility index (Phi) is 5.18. The quantitative estimate of drug-likeness (QED) is 0.881. The van der Waals surface area contributed by atoms with Crippen LogP contribution in [-0.4, -0.2) is 48.9 Å². The van der Waals surface area contributed by atoms with Crippen LogP contribution in [0.15, 0.2) is 53.7 Å². The Morgan fingerprint density at radius 2 is 1.78 bits per heavy atom. The van der Waals surface area contributed by atoms with Gasteiger partial charge in [0, 0.05) is 26.1 Å². The van der Waals surface area contributed by atoms with Crippen LogP contribution in [0.4, 0.5) is 0 Å². The molecule has 2 aromatic carbocycles. The number of oxime groups is 1. The topological polar surface area (TPSA) is 77.2 Å². The van der Waals surface area contributed by atoms with E-state index in [9.17, 15) is 4.79 Å². The summed E-state index contributed by atoms with van der Waals surface area (Å²) in [5.74, 6) is -0.484. The van der Waals surface area contributed by atoms with Gasteiger partial charge in [-0.3, -0.25) is 9.69 Å². The van der Waals surface area contributed by atoms with Crippen molar-refractivity contribution in [3.8, 4) is 11.1 Å². The van der Waals surface area contributed by atoms with Gasteiger partial charge in [-0.25, -0.2) is 0 Å². The molecule has 6 heteroatoms. The van der Waals surface area contributed by atoms with E-state index < -0.39 is 12.0 Å². The Morgan fingerprint density at radius 3 is 2.48 bits per heavy atom. The molecule has 2 aliphatic heterocycles. The van der Waals surface area contributed by atoms with E-state index in [-0.39, 0.29) is 0 Å². The number of amides is 1. The molecule has 0 aliphatic carbocycles. The maximum atomic E-state index is 11.2. The van der Waals surface area contributed by atoms with Crippen LogP contribution < -0.4 is 5.73 Å². The molecule has 6 nitrogen and oxygen atoms in total. The van der Waals surface area contributed by atoms with Gasteiger partial charge >= 0.3 is 0 Å². The second-order valence-corrected chi connectivity index (χ2v) is 6.86. The Balaban J connectivity index is 1.52. The van der Waals surface area contributed by atoms with Crippen molar-refractivity contribution in [2.45, 2.75) is 19.1 Å². The molecule has 2 heterocycles. The molecule has 4 rings (SSSR count). The predicted octanol–water partition coefficient (Wildman–Crippen LogP) is 2.16. The Labute approximate surface area is 158 Å². The normalized spacial score (nSPS) is 20.1. The molecular weight excluding hydrogens is 342 g/mol. The minimum Gasteiger partial charge on any atom is -0.382 e. The third kappa shape index (κ3) is 4.02. The first-order valence-corrected chi connectivity index (χ1v) is 9.21. The van der Waals surface area contributed by atoms with Crippen LogP contribution in [0.2, 0.25) is 0 Å². The van der Waals surface area contributed by atoms with E-state index in [4.69, 9.17) is 15.3 Å². The van der Waals surface area contributed by atoms with Crippen LogP contribution in [0, 0.1) is 0 Å². The van der Waals surface area contributed by atoms with Gasteiger partial charge in [0.15, 0.2) is 0 Å². The summed E-state index contributed by atoms with van der Waals surface area (Å²) in [7, 11) is 0. The van der Waals surface area contributed by atoms with Crippen LogP contribution in [0.3, 0.4) is 0 Å². The molecule has 1 saturated heterocycles. The molecule has 1 unspecified atom stereocenters. The molecule has 1 amide bonds. The van der Waals surface area contributed by atoms with E-state index in [0.29, 0.717) is 6.42 Å². The number of primary amides is 1. The smallest absolute Gasteiger partial charge is 0.261 e. The number of morpholine rings is 1. The van der Waals surface area contributed by atoms with E-state index in [1.807, 2.05) is 12.1 Å². The Bertz CT molecular complexity index is 842. The fourth-order valence-electron chi connectivity index (χ4n) is 3.48. The lowest BCUT2D eigenvalue weighted by atomic mass is 9.96. The molecular formula is C21H23N3O3. The third-order valence-electron chi connectivity index (χ3n) is 5.03. The van der Waals surface area contributed by atoms with Crippen molar-refractivity contribution in [3.05, 3.63) is 59.7 Å². The molecule has 140 valence electrons. The first-order valence-electron chi connectivity index (χ1n) is 9.21. The first-order chi connectivity index (χ1) is 13.2. The van der Waals surface area contributed by atoms with Crippen LogP contribution >= 0.6 is 0 Å². The first kappa shape index (κ1) is 17.7. The van der Waals surface area contributed by atoms with Gasteiger partial charge in [0.2, 0.25) is 6.10 Å². The number of carbonyl (C=O) groups is 1. The number of hydrogen-bond donors (Lipinski definition) is 1. The minimum absolute atomic E-state index is 0.419. The number of nitrogens with zero attached hydrogens (tertiary/aromatic N) is 2. The summed E-state index contributed by atoms with van der Waals surface area (Å²) in [4.78, 5) is 18.8. The molecule has 2 aromatic rings. The van der Waals surface area contributed by atoms with E-state index in [1.54, 1.807) is 0 Å². The lowest BCUT2D eigenvalue weighted by Crippen LogP contribution is -2.35. The van der Waals surface area contributed by atoms with E-state index >= 15 is 0 Å². The molecule has 2 N–H and O–H groups in total. The summed E-state index contributed by atoms with van der Waals surface area (Å²) >= 11 is 0. The van der Waals surface area contributed by atoms with Gasteiger partial charge in [-0.15, -0.1) is 0 Å². The van der Waals surface area contributed by atoms with Gasteiger partial charge in [-0.05, 0) is 22.3 Å². The summed E-state index contributed by atoms with van der Waals surface area (Å²) in [6.45, 7) is 4.45. The number of ether oxygens (including phenoxy) is 1. The van der Waals surface area contributed by atoms with Crippen molar-refractivity contribution < 1.29 is 14.4 Å².